The van der Waals surface area contributed by atoms with Gasteiger partial charge in [0.2, 0.25) is 17.7 Å². The molecule has 3 amide bonds. The van der Waals surface area contributed by atoms with Crippen LogP contribution in [0.25, 0.3) is 0 Å². The van der Waals surface area contributed by atoms with Gasteiger partial charge >= 0.3 is 0 Å². The van der Waals surface area contributed by atoms with Gasteiger partial charge in [0.15, 0.2) is 0 Å². The summed E-state index contributed by atoms with van der Waals surface area (Å²) in [5, 5.41) is 7.93. The number of nitrogens with two attached hydrogens (primary N) is 1. The SMILES string of the molecule is NCC(=O)NCC(=O)Nc1cccc(NC(=O)CN2CCCCCC2)c1. The molecular weight excluding hydrogens is 334 g/mol. The highest BCUT2D eigenvalue weighted by Gasteiger charge is 2.13. The summed E-state index contributed by atoms with van der Waals surface area (Å²) in [6, 6.07) is 6.91. The average Bonchev–Trinajstić information content (AvgIpc) is 2.88. The minimum atomic E-state index is -0.394. The molecule has 1 aliphatic rings. The molecule has 0 radical (unpaired) electrons. The summed E-state index contributed by atoms with van der Waals surface area (Å²) in [6.45, 7) is 1.98. The van der Waals surface area contributed by atoms with Crippen LogP contribution in [0.2, 0.25) is 0 Å². The molecule has 1 aromatic rings. The lowest BCUT2D eigenvalue weighted by Gasteiger charge is -2.19. The topological polar surface area (TPSA) is 117 Å². The summed E-state index contributed by atoms with van der Waals surface area (Å²) >= 11 is 0. The number of anilines is 2. The lowest BCUT2D eigenvalue weighted by Crippen LogP contribution is -2.36. The predicted molar refractivity (Wildman–Crippen MR) is 101 cm³/mol. The third-order valence-corrected chi connectivity index (χ3v) is 4.13. The molecule has 0 aliphatic carbocycles. The largest absolute Gasteiger partial charge is 0.346 e. The molecule has 26 heavy (non-hydrogen) atoms. The van der Waals surface area contributed by atoms with Gasteiger partial charge in [0.05, 0.1) is 19.6 Å². The first-order valence-corrected chi connectivity index (χ1v) is 8.95. The summed E-state index contributed by atoms with van der Waals surface area (Å²) in [5.41, 5.74) is 6.33. The first kappa shape index (κ1) is 19.9. The van der Waals surface area contributed by atoms with Gasteiger partial charge in [-0.3, -0.25) is 19.3 Å². The molecule has 0 aromatic heterocycles. The third kappa shape index (κ3) is 7.20. The Morgan fingerprint density at radius 2 is 1.54 bits per heavy atom. The van der Waals surface area contributed by atoms with E-state index in [0.29, 0.717) is 17.9 Å². The van der Waals surface area contributed by atoms with Crippen molar-refractivity contribution in [3.8, 4) is 0 Å². The molecule has 0 bridgehead atoms. The Bertz CT molecular complexity index is 627. The van der Waals surface area contributed by atoms with Crippen molar-refractivity contribution in [1.29, 1.82) is 0 Å². The van der Waals surface area contributed by atoms with Crippen LogP contribution in [0.5, 0.6) is 0 Å². The van der Waals surface area contributed by atoms with E-state index in [1.165, 1.54) is 12.8 Å². The van der Waals surface area contributed by atoms with Crippen LogP contribution in [0.1, 0.15) is 25.7 Å². The molecule has 1 fully saturated rings. The van der Waals surface area contributed by atoms with Gasteiger partial charge in [0.1, 0.15) is 0 Å². The maximum atomic E-state index is 12.2. The van der Waals surface area contributed by atoms with Crippen LogP contribution in [0.3, 0.4) is 0 Å². The Morgan fingerprint density at radius 1 is 0.923 bits per heavy atom. The van der Waals surface area contributed by atoms with E-state index in [4.69, 9.17) is 5.73 Å². The molecule has 0 unspecified atom stereocenters. The van der Waals surface area contributed by atoms with Crippen LogP contribution in [0.15, 0.2) is 24.3 Å². The van der Waals surface area contributed by atoms with Crippen LogP contribution in [-0.4, -0.2) is 55.3 Å². The molecule has 1 heterocycles. The average molecular weight is 361 g/mol. The Labute approximate surface area is 153 Å². The molecule has 0 spiro atoms. The summed E-state index contributed by atoms with van der Waals surface area (Å²) in [6.07, 6.45) is 4.72. The summed E-state index contributed by atoms with van der Waals surface area (Å²) in [7, 11) is 0. The Balaban J connectivity index is 1.82. The molecule has 1 aromatic carbocycles. The van der Waals surface area contributed by atoms with Crippen molar-refractivity contribution in [2.24, 2.45) is 5.73 Å². The number of amides is 3. The summed E-state index contributed by atoms with van der Waals surface area (Å²) in [5.74, 6) is -0.819. The monoisotopic (exact) mass is 361 g/mol. The maximum Gasteiger partial charge on any atom is 0.243 e. The fourth-order valence-electron chi connectivity index (χ4n) is 2.83. The number of carbonyl (C=O) groups excluding carboxylic acids is 3. The zero-order valence-corrected chi connectivity index (χ0v) is 14.9. The zero-order valence-electron chi connectivity index (χ0n) is 14.9. The van der Waals surface area contributed by atoms with Crippen molar-refractivity contribution in [2.45, 2.75) is 25.7 Å². The molecule has 8 nitrogen and oxygen atoms in total. The van der Waals surface area contributed by atoms with Crippen LogP contribution < -0.4 is 21.7 Å². The highest BCUT2D eigenvalue weighted by molar-refractivity contribution is 5.96. The van der Waals surface area contributed by atoms with Crippen molar-refractivity contribution in [2.75, 3.05) is 43.4 Å². The third-order valence-electron chi connectivity index (χ3n) is 4.13. The van der Waals surface area contributed by atoms with Crippen LogP contribution in [0.4, 0.5) is 11.4 Å². The summed E-state index contributed by atoms with van der Waals surface area (Å²) in [4.78, 5) is 37.3. The number of benzene rings is 1. The normalized spacial score (nSPS) is 15.0. The van der Waals surface area contributed by atoms with Crippen molar-refractivity contribution in [3.05, 3.63) is 24.3 Å². The number of rotatable bonds is 7. The van der Waals surface area contributed by atoms with E-state index in [9.17, 15) is 14.4 Å². The number of nitrogens with zero attached hydrogens (tertiary/aromatic N) is 1. The molecule has 1 saturated heterocycles. The van der Waals surface area contributed by atoms with Gasteiger partial charge < -0.3 is 21.7 Å². The Morgan fingerprint density at radius 3 is 2.15 bits per heavy atom. The highest BCUT2D eigenvalue weighted by Crippen LogP contribution is 2.15. The van der Waals surface area contributed by atoms with Crippen molar-refractivity contribution < 1.29 is 14.4 Å². The van der Waals surface area contributed by atoms with E-state index in [1.807, 2.05) is 0 Å². The number of hydrogen-bond donors (Lipinski definition) is 4. The van der Waals surface area contributed by atoms with Gasteiger partial charge in [0.25, 0.3) is 0 Å². The molecule has 1 aliphatic heterocycles. The minimum Gasteiger partial charge on any atom is -0.346 e. The van der Waals surface area contributed by atoms with Crippen molar-refractivity contribution >= 4 is 29.1 Å². The van der Waals surface area contributed by atoms with Gasteiger partial charge in [-0.05, 0) is 44.1 Å². The lowest BCUT2D eigenvalue weighted by atomic mass is 10.2. The van der Waals surface area contributed by atoms with Crippen molar-refractivity contribution in [1.82, 2.24) is 10.2 Å². The quantitative estimate of drug-likeness (QED) is 0.565. The fraction of sp³-hybridized carbons (Fsp3) is 0.500. The molecule has 2 rings (SSSR count). The fourth-order valence-corrected chi connectivity index (χ4v) is 2.83. The van der Waals surface area contributed by atoms with E-state index < -0.39 is 5.91 Å². The first-order chi connectivity index (χ1) is 12.6. The molecular formula is C18H27N5O3. The van der Waals surface area contributed by atoms with Gasteiger partial charge in [-0.25, -0.2) is 0 Å². The maximum absolute atomic E-state index is 12.2. The van der Waals surface area contributed by atoms with Gasteiger partial charge in [-0.15, -0.1) is 0 Å². The van der Waals surface area contributed by atoms with E-state index in [1.54, 1.807) is 24.3 Å². The smallest absolute Gasteiger partial charge is 0.243 e. The second kappa shape index (κ2) is 10.5. The van der Waals surface area contributed by atoms with Crippen molar-refractivity contribution in [3.63, 3.8) is 0 Å². The number of likely N-dealkylation sites (tertiary alicyclic amines) is 1. The van der Waals surface area contributed by atoms with E-state index in [0.717, 1.165) is 25.9 Å². The molecule has 0 atom stereocenters. The first-order valence-electron chi connectivity index (χ1n) is 8.95. The van der Waals surface area contributed by atoms with E-state index >= 15 is 0 Å². The second-order valence-corrected chi connectivity index (χ2v) is 6.35. The Hall–Kier alpha value is -2.45. The van der Waals surface area contributed by atoms with Crippen LogP contribution >= 0.6 is 0 Å². The Kier molecular flexibility index (Phi) is 8.04. The van der Waals surface area contributed by atoms with E-state index in [-0.39, 0.29) is 24.9 Å². The van der Waals surface area contributed by atoms with Gasteiger partial charge in [0, 0.05) is 11.4 Å². The number of hydrogen-bond acceptors (Lipinski definition) is 5. The number of nitrogens with one attached hydrogen (secondary N) is 3. The summed E-state index contributed by atoms with van der Waals surface area (Å²) < 4.78 is 0. The van der Waals surface area contributed by atoms with Crippen LogP contribution in [-0.2, 0) is 14.4 Å². The predicted octanol–water partition coefficient (Wildman–Crippen LogP) is 0.514. The minimum absolute atomic E-state index is 0.0643. The molecule has 0 saturated carbocycles. The standard InChI is InChI=1S/C18H27N5O3/c19-11-16(24)20-12-17(25)21-14-6-5-7-15(10-14)22-18(26)13-23-8-3-1-2-4-9-23/h5-7,10H,1-4,8-9,11-13,19H2,(H,20,24)(H,21,25)(H,22,26). The number of carbonyl (C=O) groups is 3. The molecule has 8 heteroatoms. The van der Waals surface area contributed by atoms with Gasteiger partial charge in [-0.2, -0.15) is 0 Å². The van der Waals surface area contributed by atoms with E-state index in [2.05, 4.69) is 20.9 Å². The molecule has 5 N–H and O–H groups in total. The van der Waals surface area contributed by atoms with Gasteiger partial charge in [-0.1, -0.05) is 18.9 Å². The van der Waals surface area contributed by atoms with Crippen LogP contribution in [0, 0.1) is 0 Å². The zero-order chi connectivity index (χ0) is 18.8. The highest BCUT2D eigenvalue weighted by atomic mass is 16.2. The molecule has 142 valence electrons. The second-order valence-electron chi connectivity index (χ2n) is 6.35. The lowest BCUT2D eigenvalue weighted by molar-refractivity contribution is -0.123.